The number of pyridine rings is 1. The number of ketones is 1. The van der Waals surface area contributed by atoms with Crippen molar-refractivity contribution in [3.63, 3.8) is 0 Å². The summed E-state index contributed by atoms with van der Waals surface area (Å²) < 4.78 is 15.9. The Balaban J connectivity index is 1.90. The zero-order valence-electron chi connectivity index (χ0n) is 20.5. The topological polar surface area (TPSA) is 99.3 Å². The van der Waals surface area contributed by atoms with Crippen molar-refractivity contribution in [3.05, 3.63) is 92.8 Å². The number of nitro groups is 1. The van der Waals surface area contributed by atoms with E-state index in [1.807, 2.05) is 45.9 Å². The van der Waals surface area contributed by atoms with Crippen molar-refractivity contribution in [3.8, 4) is 0 Å². The summed E-state index contributed by atoms with van der Waals surface area (Å²) in [7, 11) is 0. The lowest BCUT2D eigenvalue weighted by Gasteiger charge is -2.18. The molecule has 0 saturated carbocycles. The Hall–Kier alpha value is -3.43. The number of nitrogens with zero attached hydrogens (tertiary/aromatic N) is 3. The molecule has 3 aromatic rings. The molecule has 0 aliphatic rings. The van der Waals surface area contributed by atoms with Crippen LogP contribution < -0.4 is 5.48 Å². The quantitative estimate of drug-likeness (QED) is 0.212. The lowest BCUT2D eigenvalue weighted by molar-refractivity contribution is -0.385. The van der Waals surface area contributed by atoms with Crippen LogP contribution in [-0.2, 0) is 24.3 Å². The summed E-state index contributed by atoms with van der Waals surface area (Å²) in [5, 5.41) is 11.1. The monoisotopic (exact) mass is 482 g/mol. The van der Waals surface area contributed by atoms with E-state index in [4.69, 9.17) is 4.84 Å². The van der Waals surface area contributed by atoms with Crippen molar-refractivity contribution in [2.24, 2.45) is 0 Å². The second-order valence-electron chi connectivity index (χ2n) is 9.02. The third kappa shape index (κ3) is 7.03. The molecule has 2 heterocycles. The van der Waals surface area contributed by atoms with Crippen LogP contribution in [0.5, 0.6) is 0 Å². The van der Waals surface area contributed by atoms with Gasteiger partial charge in [-0.3, -0.25) is 24.7 Å². The number of benzene rings is 1. The maximum atomic E-state index is 13.8. The number of non-ortho nitro benzene ring substituents is 1. The maximum absolute atomic E-state index is 13.8. The van der Waals surface area contributed by atoms with Gasteiger partial charge in [0.15, 0.2) is 5.78 Å². The van der Waals surface area contributed by atoms with E-state index in [1.165, 1.54) is 12.1 Å². The lowest BCUT2D eigenvalue weighted by Crippen LogP contribution is -2.21. The third-order valence-electron chi connectivity index (χ3n) is 5.50. The molecule has 0 radical (unpaired) electrons. The van der Waals surface area contributed by atoms with Crippen molar-refractivity contribution < 1.29 is 18.9 Å². The highest BCUT2D eigenvalue weighted by atomic mass is 19.1. The molecular weight excluding hydrogens is 451 g/mol. The summed E-state index contributed by atoms with van der Waals surface area (Å²) in [5.41, 5.74) is 6.45. The number of nitro benzene ring substituents is 1. The highest BCUT2D eigenvalue weighted by Crippen LogP contribution is 2.28. The summed E-state index contributed by atoms with van der Waals surface area (Å²) in [6.07, 6.45) is 3.81. The van der Waals surface area contributed by atoms with Crippen LogP contribution in [0.3, 0.4) is 0 Å². The van der Waals surface area contributed by atoms with Gasteiger partial charge in [-0.05, 0) is 55.5 Å². The number of carbonyl (C=O) groups is 1. The molecule has 2 aromatic heterocycles. The number of carbonyl (C=O) groups excluding carboxylic acids is 1. The average molecular weight is 483 g/mol. The van der Waals surface area contributed by atoms with Crippen LogP contribution in [0.1, 0.15) is 72.9 Å². The van der Waals surface area contributed by atoms with Crippen LogP contribution in [0, 0.1) is 15.9 Å². The van der Waals surface area contributed by atoms with E-state index < -0.39 is 10.7 Å². The molecule has 35 heavy (non-hydrogen) atoms. The van der Waals surface area contributed by atoms with E-state index in [0.29, 0.717) is 24.2 Å². The maximum Gasteiger partial charge on any atom is 0.272 e. The van der Waals surface area contributed by atoms with Gasteiger partial charge >= 0.3 is 0 Å². The minimum absolute atomic E-state index is 0.00210. The molecule has 0 bridgehead atoms. The molecule has 1 N–H and O–H groups in total. The number of rotatable bonds is 12. The first-order valence-corrected chi connectivity index (χ1v) is 11.6. The number of halogens is 1. The van der Waals surface area contributed by atoms with Gasteiger partial charge in [-0.15, -0.1) is 0 Å². The Kier molecular flexibility index (Phi) is 8.84. The second-order valence-corrected chi connectivity index (χ2v) is 9.02. The van der Waals surface area contributed by atoms with Crippen LogP contribution in [0.4, 0.5) is 10.1 Å². The summed E-state index contributed by atoms with van der Waals surface area (Å²) in [6, 6.07) is 9.15. The molecule has 0 spiro atoms. The standard InChI is InChI=1S/C26H31FN4O4/c1-17(2)26-24(25(32)8-7-19-10-21(27)12-22(11-19)31(33)34)13-23(15-29-35-18(3)4)30(26)16-20-6-5-9-28-14-20/h5-6,9-14,17-18,29H,7-8,15-16H2,1-4H3. The number of hydroxylamine groups is 1. The van der Waals surface area contributed by atoms with Crippen LogP contribution in [0.25, 0.3) is 0 Å². The zero-order chi connectivity index (χ0) is 25.5. The van der Waals surface area contributed by atoms with Gasteiger partial charge in [0.1, 0.15) is 5.82 Å². The molecule has 0 atom stereocenters. The number of aromatic nitrogens is 2. The number of hydrogen-bond donors (Lipinski definition) is 1. The number of Topliss-reactive ketones (excluding diaryl/α,β-unsaturated/α-hetero) is 1. The lowest BCUT2D eigenvalue weighted by atomic mass is 9.98. The first-order chi connectivity index (χ1) is 16.7. The third-order valence-corrected chi connectivity index (χ3v) is 5.50. The zero-order valence-corrected chi connectivity index (χ0v) is 20.5. The predicted octanol–water partition coefficient (Wildman–Crippen LogP) is 5.35. The Morgan fingerprint density at radius 3 is 2.60 bits per heavy atom. The van der Waals surface area contributed by atoms with Gasteiger partial charge < -0.3 is 4.57 Å². The minimum Gasteiger partial charge on any atom is -0.342 e. The van der Waals surface area contributed by atoms with E-state index in [2.05, 4.69) is 15.0 Å². The molecule has 0 amide bonds. The fraction of sp³-hybridized carbons (Fsp3) is 0.385. The van der Waals surface area contributed by atoms with Crippen molar-refractivity contribution in [2.45, 2.75) is 65.6 Å². The minimum atomic E-state index is -0.689. The van der Waals surface area contributed by atoms with Crippen LogP contribution >= 0.6 is 0 Å². The Morgan fingerprint density at radius 2 is 1.97 bits per heavy atom. The smallest absolute Gasteiger partial charge is 0.272 e. The van der Waals surface area contributed by atoms with Gasteiger partial charge in [-0.2, -0.15) is 5.48 Å². The fourth-order valence-electron chi connectivity index (χ4n) is 4.03. The first kappa shape index (κ1) is 26.2. The highest BCUT2D eigenvalue weighted by molar-refractivity contribution is 5.98. The van der Waals surface area contributed by atoms with Crippen molar-refractivity contribution >= 4 is 11.5 Å². The molecule has 0 aliphatic heterocycles. The van der Waals surface area contributed by atoms with Gasteiger partial charge in [-0.1, -0.05) is 19.9 Å². The summed E-state index contributed by atoms with van der Waals surface area (Å²) in [4.78, 5) is 33.5. The van der Waals surface area contributed by atoms with E-state index in [0.717, 1.165) is 23.0 Å². The summed E-state index contributed by atoms with van der Waals surface area (Å²) in [6.45, 7) is 8.86. The first-order valence-electron chi connectivity index (χ1n) is 11.6. The molecule has 9 heteroatoms. The van der Waals surface area contributed by atoms with Gasteiger partial charge in [0.2, 0.25) is 0 Å². The van der Waals surface area contributed by atoms with Crippen molar-refractivity contribution in [2.75, 3.05) is 0 Å². The van der Waals surface area contributed by atoms with E-state index in [9.17, 15) is 19.3 Å². The van der Waals surface area contributed by atoms with E-state index in [1.54, 1.807) is 12.4 Å². The van der Waals surface area contributed by atoms with E-state index in [-0.39, 0.29) is 36.3 Å². The Bertz CT molecular complexity index is 1180. The molecule has 3 rings (SSSR count). The molecule has 8 nitrogen and oxygen atoms in total. The predicted molar refractivity (Wildman–Crippen MR) is 131 cm³/mol. The van der Waals surface area contributed by atoms with Crippen LogP contribution in [0.2, 0.25) is 0 Å². The van der Waals surface area contributed by atoms with Crippen molar-refractivity contribution in [1.29, 1.82) is 0 Å². The van der Waals surface area contributed by atoms with E-state index >= 15 is 0 Å². The number of aryl methyl sites for hydroxylation is 1. The molecule has 1 aromatic carbocycles. The van der Waals surface area contributed by atoms with Crippen molar-refractivity contribution in [1.82, 2.24) is 15.0 Å². The Morgan fingerprint density at radius 1 is 1.20 bits per heavy atom. The van der Waals surface area contributed by atoms with Gasteiger partial charge in [0.25, 0.3) is 5.69 Å². The SMILES string of the molecule is CC(C)ONCc1cc(C(=O)CCc2cc(F)cc([N+](=O)[O-])c2)c(C(C)C)n1Cc1cccnc1. The number of hydrogen-bond acceptors (Lipinski definition) is 6. The normalized spacial score (nSPS) is 11.4. The molecule has 0 unspecified atom stereocenters. The molecule has 0 fully saturated rings. The molecular formula is C26H31FN4O4. The largest absolute Gasteiger partial charge is 0.342 e. The fourth-order valence-corrected chi connectivity index (χ4v) is 4.03. The number of nitrogens with one attached hydrogen (secondary N) is 1. The Labute approximate surface area is 204 Å². The summed E-state index contributed by atoms with van der Waals surface area (Å²) in [5.74, 6) is -0.733. The molecule has 186 valence electrons. The van der Waals surface area contributed by atoms with Crippen LogP contribution in [-0.4, -0.2) is 26.4 Å². The highest BCUT2D eigenvalue weighted by Gasteiger charge is 2.23. The van der Waals surface area contributed by atoms with Gasteiger partial charge in [0, 0.05) is 48.4 Å². The average Bonchev–Trinajstić information content (AvgIpc) is 3.16. The van der Waals surface area contributed by atoms with Gasteiger partial charge in [0.05, 0.1) is 23.6 Å². The second kappa shape index (κ2) is 11.8. The van der Waals surface area contributed by atoms with Crippen LogP contribution in [0.15, 0.2) is 48.8 Å². The molecule has 0 aliphatic carbocycles. The summed E-state index contributed by atoms with van der Waals surface area (Å²) >= 11 is 0. The molecule has 0 saturated heterocycles. The van der Waals surface area contributed by atoms with Gasteiger partial charge in [-0.25, -0.2) is 4.39 Å².